The van der Waals surface area contributed by atoms with Crippen molar-refractivity contribution in [1.82, 2.24) is 5.32 Å². The molecule has 0 fully saturated rings. The highest BCUT2D eigenvalue weighted by Crippen LogP contribution is 2.11. The van der Waals surface area contributed by atoms with E-state index in [0.717, 1.165) is 18.8 Å². The lowest BCUT2D eigenvalue weighted by molar-refractivity contribution is 0.475. The molecule has 0 bridgehead atoms. The van der Waals surface area contributed by atoms with Crippen molar-refractivity contribution in [3.05, 3.63) is 24.2 Å². The number of hydrogen-bond acceptors (Lipinski definition) is 2. The summed E-state index contributed by atoms with van der Waals surface area (Å²) < 4.78 is 5.28. The minimum absolute atomic E-state index is 0.866. The molecule has 1 heterocycles. The molecule has 1 rings (SSSR count). The van der Waals surface area contributed by atoms with E-state index < -0.39 is 0 Å². The molecular weight excluding hydrogens is 258 g/mol. The highest BCUT2D eigenvalue weighted by molar-refractivity contribution is 4.97. The number of furan rings is 1. The van der Waals surface area contributed by atoms with E-state index in [0.29, 0.717) is 0 Å². The Balaban J connectivity index is 1.69. The lowest BCUT2D eigenvalue weighted by Crippen LogP contribution is -2.14. The first kappa shape index (κ1) is 18.3. The molecule has 0 atom stereocenters. The highest BCUT2D eigenvalue weighted by atomic mass is 16.3. The van der Waals surface area contributed by atoms with Crippen molar-refractivity contribution in [2.45, 2.75) is 90.5 Å². The van der Waals surface area contributed by atoms with Crippen LogP contribution in [0.25, 0.3) is 0 Å². The van der Waals surface area contributed by atoms with Gasteiger partial charge in [0.1, 0.15) is 5.76 Å². The van der Waals surface area contributed by atoms with Crippen molar-refractivity contribution in [2.75, 3.05) is 6.54 Å². The molecule has 1 aromatic rings. The number of nitrogens with one attached hydrogen (secondary N) is 1. The van der Waals surface area contributed by atoms with Crippen LogP contribution in [-0.4, -0.2) is 6.54 Å². The standard InChI is InChI=1S/C19H35NO/c1-2-3-4-5-6-7-8-9-10-11-12-13-16-20-18-19-15-14-17-21-19/h14-15,17,20H,2-13,16,18H2,1H3. The smallest absolute Gasteiger partial charge is 0.117 e. The summed E-state index contributed by atoms with van der Waals surface area (Å²) in [6.45, 7) is 4.26. The average Bonchev–Trinajstić information content (AvgIpc) is 3.01. The number of rotatable bonds is 15. The summed E-state index contributed by atoms with van der Waals surface area (Å²) in [4.78, 5) is 0. The van der Waals surface area contributed by atoms with Crippen LogP contribution in [0.1, 0.15) is 89.7 Å². The summed E-state index contributed by atoms with van der Waals surface area (Å²) in [5, 5.41) is 3.43. The molecule has 1 aromatic heterocycles. The predicted octanol–water partition coefficient (Wildman–Crippen LogP) is 6.07. The van der Waals surface area contributed by atoms with Gasteiger partial charge in [-0.05, 0) is 25.1 Å². The van der Waals surface area contributed by atoms with Crippen molar-refractivity contribution >= 4 is 0 Å². The van der Waals surface area contributed by atoms with E-state index in [1.807, 2.05) is 12.1 Å². The van der Waals surface area contributed by atoms with Gasteiger partial charge < -0.3 is 9.73 Å². The fraction of sp³-hybridized carbons (Fsp3) is 0.789. The third kappa shape index (κ3) is 11.6. The Morgan fingerprint density at radius 3 is 1.90 bits per heavy atom. The number of unbranched alkanes of at least 4 members (excludes halogenated alkanes) is 11. The third-order valence-electron chi connectivity index (χ3n) is 4.09. The lowest BCUT2D eigenvalue weighted by Gasteiger charge is -2.04. The van der Waals surface area contributed by atoms with Crippen LogP contribution in [0, 0.1) is 0 Å². The highest BCUT2D eigenvalue weighted by Gasteiger charge is 1.95. The van der Waals surface area contributed by atoms with Gasteiger partial charge in [0, 0.05) is 0 Å². The van der Waals surface area contributed by atoms with Crippen molar-refractivity contribution < 1.29 is 4.42 Å². The minimum atomic E-state index is 0.866. The molecule has 21 heavy (non-hydrogen) atoms. The largest absolute Gasteiger partial charge is 0.468 e. The fourth-order valence-corrected chi connectivity index (χ4v) is 2.72. The van der Waals surface area contributed by atoms with Gasteiger partial charge in [-0.15, -0.1) is 0 Å². The first-order chi connectivity index (χ1) is 10.4. The average molecular weight is 293 g/mol. The van der Waals surface area contributed by atoms with Crippen LogP contribution in [0.4, 0.5) is 0 Å². The maximum atomic E-state index is 5.28. The summed E-state index contributed by atoms with van der Waals surface area (Å²) in [7, 11) is 0. The van der Waals surface area contributed by atoms with E-state index in [1.54, 1.807) is 6.26 Å². The van der Waals surface area contributed by atoms with Gasteiger partial charge in [0.05, 0.1) is 12.8 Å². The van der Waals surface area contributed by atoms with Crippen LogP contribution in [0.5, 0.6) is 0 Å². The third-order valence-corrected chi connectivity index (χ3v) is 4.09. The molecule has 0 aromatic carbocycles. The summed E-state index contributed by atoms with van der Waals surface area (Å²) in [6, 6.07) is 3.97. The topological polar surface area (TPSA) is 25.2 Å². The Bertz CT molecular complexity index is 295. The zero-order valence-corrected chi connectivity index (χ0v) is 14.0. The Morgan fingerprint density at radius 1 is 0.810 bits per heavy atom. The minimum Gasteiger partial charge on any atom is -0.468 e. The molecule has 0 spiro atoms. The Hall–Kier alpha value is -0.760. The normalized spacial score (nSPS) is 11.1. The van der Waals surface area contributed by atoms with Gasteiger partial charge in [-0.1, -0.05) is 77.6 Å². The zero-order valence-electron chi connectivity index (χ0n) is 14.0. The zero-order chi connectivity index (χ0) is 15.0. The van der Waals surface area contributed by atoms with E-state index in [-0.39, 0.29) is 0 Å². The van der Waals surface area contributed by atoms with Gasteiger partial charge in [-0.2, -0.15) is 0 Å². The molecule has 2 nitrogen and oxygen atoms in total. The van der Waals surface area contributed by atoms with E-state index in [2.05, 4.69) is 12.2 Å². The molecule has 0 amide bonds. The van der Waals surface area contributed by atoms with Gasteiger partial charge in [0.25, 0.3) is 0 Å². The molecule has 0 aliphatic carbocycles. The second kappa shape index (κ2) is 14.2. The van der Waals surface area contributed by atoms with Crippen LogP contribution >= 0.6 is 0 Å². The van der Waals surface area contributed by atoms with Crippen molar-refractivity contribution in [2.24, 2.45) is 0 Å². The van der Waals surface area contributed by atoms with E-state index in [1.165, 1.54) is 77.0 Å². The Labute approximate surface area is 131 Å². The SMILES string of the molecule is CCCCCCCCCCCCCCNCc1ccco1. The van der Waals surface area contributed by atoms with Gasteiger partial charge >= 0.3 is 0 Å². The van der Waals surface area contributed by atoms with E-state index in [9.17, 15) is 0 Å². The van der Waals surface area contributed by atoms with E-state index in [4.69, 9.17) is 4.42 Å². The van der Waals surface area contributed by atoms with Crippen LogP contribution in [-0.2, 0) is 6.54 Å². The molecule has 0 saturated heterocycles. The summed E-state index contributed by atoms with van der Waals surface area (Å²) in [5.41, 5.74) is 0. The van der Waals surface area contributed by atoms with E-state index >= 15 is 0 Å². The molecule has 122 valence electrons. The first-order valence-electron chi connectivity index (χ1n) is 9.16. The Morgan fingerprint density at radius 2 is 1.38 bits per heavy atom. The summed E-state index contributed by atoms with van der Waals surface area (Å²) in [5.74, 6) is 1.04. The predicted molar refractivity (Wildman–Crippen MR) is 91.5 cm³/mol. The van der Waals surface area contributed by atoms with Gasteiger partial charge in [-0.3, -0.25) is 0 Å². The van der Waals surface area contributed by atoms with Crippen molar-refractivity contribution in [3.8, 4) is 0 Å². The molecule has 0 aliphatic heterocycles. The van der Waals surface area contributed by atoms with Crippen LogP contribution in [0.3, 0.4) is 0 Å². The maximum Gasteiger partial charge on any atom is 0.117 e. The Kier molecular flexibility index (Phi) is 12.4. The molecule has 0 radical (unpaired) electrons. The van der Waals surface area contributed by atoms with Crippen LogP contribution < -0.4 is 5.32 Å². The molecule has 0 aliphatic rings. The second-order valence-electron chi connectivity index (χ2n) is 6.15. The van der Waals surface area contributed by atoms with Crippen LogP contribution in [0.15, 0.2) is 22.8 Å². The second-order valence-corrected chi connectivity index (χ2v) is 6.15. The number of hydrogen-bond donors (Lipinski definition) is 1. The quantitative estimate of drug-likeness (QED) is 0.397. The fourth-order valence-electron chi connectivity index (χ4n) is 2.72. The lowest BCUT2D eigenvalue weighted by atomic mass is 10.1. The van der Waals surface area contributed by atoms with Crippen molar-refractivity contribution in [3.63, 3.8) is 0 Å². The molecule has 1 N–H and O–H groups in total. The van der Waals surface area contributed by atoms with Gasteiger partial charge in [0.15, 0.2) is 0 Å². The molecule has 0 saturated carbocycles. The molecular formula is C19H35NO. The first-order valence-corrected chi connectivity index (χ1v) is 9.16. The maximum absolute atomic E-state index is 5.28. The van der Waals surface area contributed by atoms with Crippen molar-refractivity contribution in [1.29, 1.82) is 0 Å². The van der Waals surface area contributed by atoms with Gasteiger partial charge in [-0.25, -0.2) is 0 Å². The monoisotopic (exact) mass is 293 g/mol. The van der Waals surface area contributed by atoms with Gasteiger partial charge in [0.2, 0.25) is 0 Å². The summed E-state index contributed by atoms with van der Waals surface area (Å²) in [6.07, 6.45) is 18.7. The van der Waals surface area contributed by atoms with Crippen LogP contribution in [0.2, 0.25) is 0 Å². The molecule has 2 heteroatoms. The molecule has 0 unspecified atom stereocenters. The summed E-state index contributed by atoms with van der Waals surface area (Å²) >= 11 is 0.